The van der Waals surface area contributed by atoms with Gasteiger partial charge in [0.1, 0.15) is 12.4 Å². The number of para-hydroxylation sites is 1. The van der Waals surface area contributed by atoms with Crippen molar-refractivity contribution >= 4 is 11.8 Å². The van der Waals surface area contributed by atoms with Gasteiger partial charge in [0.05, 0.1) is 25.0 Å². The van der Waals surface area contributed by atoms with Gasteiger partial charge in [0, 0.05) is 51.9 Å². The molecule has 7 nitrogen and oxygen atoms in total. The first-order valence-corrected chi connectivity index (χ1v) is 9.68. The van der Waals surface area contributed by atoms with Gasteiger partial charge in [0.15, 0.2) is 0 Å². The molecule has 2 atom stereocenters. The van der Waals surface area contributed by atoms with E-state index in [1.165, 1.54) is 4.90 Å². The second-order valence-corrected chi connectivity index (χ2v) is 7.55. The second kappa shape index (κ2) is 7.96. The van der Waals surface area contributed by atoms with E-state index in [1.807, 2.05) is 18.2 Å². The Labute approximate surface area is 159 Å². The number of nitrogens with zero attached hydrogens (tertiary/aromatic N) is 3. The van der Waals surface area contributed by atoms with Gasteiger partial charge >= 0.3 is 0 Å². The van der Waals surface area contributed by atoms with E-state index >= 15 is 0 Å². The number of hydrogen-bond acceptors (Lipinski definition) is 6. The van der Waals surface area contributed by atoms with E-state index in [9.17, 15) is 9.59 Å². The predicted molar refractivity (Wildman–Crippen MR) is 99.2 cm³/mol. The van der Waals surface area contributed by atoms with Crippen molar-refractivity contribution in [2.45, 2.75) is 6.54 Å². The van der Waals surface area contributed by atoms with E-state index in [0.29, 0.717) is 26.2 Å². The zero-order chi connectivity index (χ0) is 18.8. The molecule has 3 fully saturated rings. The number of amides is 2. The average molecular weight is 373 g/mol. The molecule has 1 aromatic carbocycles. The summed E-state index contributed by atoms with van der Waals surface area (Å²) in [5, 5.41) is 0. The van der Waals surface area contributed by atoms with Crippen molar-refractivity contribution in [3.8, 4) is 5.75 Å². The Morgan fingerprint density at radius 2 is 1.70 bits per heavy atom. The Morgan fingerprint density at radius 3 is 2.41 bits per heavy atom. The summed E-state index contributed by atoms with van der Waals surface area (Å²) in [6, 6.07) is 8.04. The van der Waals surface area contributed by atoms with E-state index in [1.54, 1.807) is 7.05 Å². The van der Waals surface area contributed by atoms with Gasteiger partial charge in [0.25, 0.3) is 0 Å². The summed E-state index contributed by atoms with van der Waals surface area (Å²) in [7, 11) is 1.59. The average Bonchev–Trinajstić information content (AvgIpc) is 3.19. The summed E-state index contributed by atoms with van der Waals surface area (Å²) in [6.45, 7) is 7.01. The van der Waals surface area contributed by atoms with Crippen molar-refractivity contribution in [2.24, 2.45) is 11.8 Å². The topological polar surface area (TPSA) is 62.3 Å². The first-order valence-electron chi connectivity index (χ1n) is 9.68. The van der Waals surface area contributed by atoms with Crippen LogP contribution in [0.2, 0.25) is 0 Å². The lowest BCUT2D eigenvalue weighted by Crippen LogP contribution is -2.38. The van der Waals surface area contributed by atoms with Crippen molar-refractivity contribution in [1.82, 2.24) is 14.7 Å². The molecule has 3 heterocycles. The number of rotatable bonds is 6. The van der Waals surface area contributed by atoms with Crippen LogP contribution in [-0.2, 0) is 20.9 Å². The third-order valence-electron chi connectivity index (χ3n) is 5.83. The van der Waals surface area contributed by atoms with Crippen LogP contribution in [0.15, 0.2) is 24.3 Å². The number of ether oxygens (including phenoxy) is 2. The SMILES string of the molecule is CN1C(=O)[C@H]2CN(Cc3ccccc3OCCN3CCOCC3)C[C@H]2C1=O. The third kappa shape index (κ3) is 3.85. The molecule has 146 valence electrons. The molecule has 0 aromatic heterocycles. The van der Waals surface area contributed by atoms with Gasteiger partial charge in [-0.15, -0.1) is 0 Å². The molecule has 0 saturated carbocycles. The molecular formula is C20H27N3O4. The number of carbonyl (C=O) groups excluding carboxylic acids is 2. The molecule has 0 radical (unpaired) electrons. The Balaban J connectivity index is 1.33. The van der Waals surface area contributed by atoms with Crippen molar-refractivity contribution in [2.75, 3.05) is 59.6 Å². The van der Waals surface area contributed by atoms with Gasteiger partial charge < -0.3 is 9.47 Å². The van der Waals surface area contributed by atoms with Crippen molar-refractivity contribution < 1.29 is 19.1 Å². The largest absolute Gasteiger partial charge is 0.492 e. The fraction of sp³-hybridized carbons (Fsp3) is 0.600. The molecule has 0 unspecified atom stereocenters. The van der Waals surface area contributed by atoms with Crippen molar-refractivity contribution in [3.63, 3.8) is 0 Å². The lowest BCUT2D eigenvalue weighted by atomic mass is 10.00. The van der Waals surface area contributed by atoms with E-state index in [-0.39, 0.29) is 23.7 Å². The Kier molecular flexibility index (Phi) is 5.43. The number of fused-ring (bicyclic) bond motifs is 1. The molecule has 0 aliphatic carbocycles. The fourth-order valence-electron chi connectivity index (χ4n) is 4.25. The summed E-state index contributed by atoms with van der Waals surface area (Å²) in [4.78, 5) is 30.2. The highest BCUT2D eigenvalue weighted by Crippen LogP contribution is 2.34. The first kappa shape index (κ1) is 18.4. The normalized spacial score (nSPS) is 26.6. The van der Waals surface area contributed by atoms with E-state index in [0.717, 1.165) is 44.2 Å². The monoisotopic (exact) mass is 373 g/mol. The molecular weight excluding hydrogens is 346 g/mol. The van der Waals surface area contributed by atoms with Gasteiger partial charge in [0.2, 0.25) is 11.8 Å². The molecule has 1 aromatic rings. The number of hydrogen-bond donors (Lipinski definition) is 0. The lowest BCUT2D eigenvalue weighted by molar-refractivity contribution is -0.138. The van der Waals surface area contributed by atoms with Crippen LogP contribution in [0.1, 0.15) is 5.56 Å². The van der Waals surface area contributed by atoms with Crippen molar-refractivity contribution in [1.29, 1.82) is 0 Å². The van der Waals surface area contributed by atoms with Crippen LogP contribution in [-0.4, -0.2) is 86.1 Å². The third-order valence-corrected chi connectivity index (χ3v) is 5.83. The summed E-state index contributed by atoms with van der Waals surface area (Å²) in [5.74, 6) is 0.441. The summed E-state index contributed by atoms with van der Waals surface area (Å²) >= 11 is 0. The van der Waals surface area contributed by atoms with Gasteiger partial charge in [-0.25, -0.2) is 0 Å². The second-order valence-electron chi connectivity index (χ2n) is 7.55. The molecule has 0 N–H and O–H groups in total. The fourth-order valence-corrected chi connectivity index (χ4v) is 4.25. The molecule has 4 rings (SSSR count). The van der Waals surface area contributed by atoms with E-state index in [4.69, 9.17) is 9.47 Å². The van der Waals surface area contributed by atoms with E-state index in [2.05, 4.69) is 15.9 Å². The number of imide groups is 1. The molecule has 0 bridgehead atoms. The highest BCUT2D eigenvalue weighted by molar-refractivity contribution is 6.05. The van der Waals surface area contributed by atoms with Gasteiger partial charge in [-0.3, -0.25) is 24.3 Å². The molecule has 3 aliphatic heterocycles. The van der Waals surface area contributed by atoms with Crippen LogP contribution in [0.4, 0.5) is 0 Å². The minimum absolute atomic E-state index is 0.0393. The first-order chi connectivity index (χ1) is 13.1. The molecule has 3 aliphatic rings. The van der Waals surface area contributed by atoms with Gasteiger partial charge in [-0.05, 0) is 6.07 Å². The highest BCUT2D eigenvalue weighted by atomic mass is 16.5. The van der Waals surface area contributed by atoms with Crippen LogP contribution >= 0.6 is 0 Å². The molecule has 27 heavy (non-hydrogen) atoms. The number of benzene rings is 1. The maximum Gasteiger partial charge on any atom is 0.234 e. The minimum atomic E-state index is -0.183. The van der Waals surface area contributed by atoms with E-state index < -0.39 is 0 Å². The summed E-state index contributed by atoms with van der Waals surface area (Å²) in [5.41, 5.74) is 1.10. The molecule has 0 spiro atoms. The van der Waals surface area contributed by atoms with Gasteiger partial charge in [-0.1, -0.05) is 18.2 Å². The van der Waals surface area contributed by atoms with Crippen LogP contribution in [0, 0.1) is 11.8 Å². The molecule has 7 heteroatoms. The minimum Gasteiger partial charge on any atom is -0.492 e. The molecule has 2 amide bonds. The zero-order valence-corrected chi connectivity index (χ0v) is 15.8. The van der Waals surface area contributed by atoms with Gasteiger partial charge in [-0.2, -0.15) is 0 Å². The maximum absolute atomic E-state index is 12.2. The van der Waals surface area contributed by atoms with Crippen molar-refractivity contribution in [3.05, 3.63) is 29.8 Å². The van der Waals surface area contributed by atoms with Crippen LogP contribution in [0.25, 0.3) is 0 Å². The Hall–Kier alpha value is -1.96. The standard InChI is InChI=1S/C20H27N3O4/c1-21-19(24)16-13-23(14-17(16)20(21)25)12-15-4-2-3-5-18(15)27-11-8-22-6-9-26-10-7-22/h2-5,16-17H,6-14H2,1H3/t16-,17+. The Bertz CT molecular complexity index is 680. The Morgan fingerprint density at radius 1 is 1.04 bits per heavy atom. The summed E-state index contributed by atoms with van der Waals surface area (Å²) in [6.07, 6.45) is 0. The smallest absolute Gasteiger partial charge is 0.234 e. The van der Waals surface area contributed by atoms with Crippen LogP contribution < -0.4 is 4.74 Å². The number of morpholine rings is 1. The molecule has 3 saturated heterocycles. The predicted octanol–water partition coefficient (Wildman–Crippen LogP) is 0.444. The zero-order valence-electron chi connectivity index (χ0n) is 15.8. The number of carbonyl (C=O) groups is 2. The maximum atomic E-state index is 12.2. The van der Waals surface area contributed by atoms with Crippen LogP contribution in [0.3, 0.4) is 0 Å². The quantitative estimate of drug-likeness (QED) is 0.675. The summed E-state index contributed by atoms with van der Waals surface area (Å²) < 4.78 is 11.4. The lowest BCUT2D eigenvalue weighted by Gasteiger charge is -2.26. The van der Waals surface area contributed by atoms with Crippen LogP contribution in [0.5, 0.6) is 5.75 Å². The number of likely N-dealkylation sites (tertiary alicyclic amines) is 2. The highest BCUT2D eigenvalue weighted by Gasteiger charge is 2.50.